The van der Waals surface area contributed by atoms with E-state index < -0.39 is 0 Å². The summed E-state index contributed by atoms with van der Waals surface area (Å²) < 4.78 is 5.47. The average molecular weight is 487 g/mol. The van der Waals surface area contributed by atoms with Crippen molar-refractivity contribution in [2.24, 2.45) is 16.8 Å². The predicted molar refractivity (Wildman–Crippen MR) is 122 cm³/mol. The van der Waals surface area contributed by atoms with Crippen molar-refractivity contribution in [1.29, 1.82) is 0 Å². The maximum atomic E-state index is 5.47. The number of nitrogens with zero attached hydrogens (tertiary/aromatic N) is 4. The second kappa shape index (κ2) is 11.0. The molecule has 0 radical (unpaired) electrons. The fourth-order valence-corrected chi connectivity index (χ4v) is 4.02. The van der Waals surface area contributed by atoms with E-state index in [4.69, 9.17) is 4.74 Å². The number of morpholine rings is 1. The molecule has 2 aliphatic rings. The first-order valence-electron chi connectivity index (χ1n) is 9.89. The van der Waals surface area contributed by atoms with Crippen molar-refractivity contribution < 1.29 is 4.74 Å². The van der Waals surface area contributed by atoms with Crippen LogP contribution < -0.4 is 10.2 Å². The van der Waals surface area contributed by atoms with Crippen LogP contribution in [0.4, 0.5) is 5.82 Å². The van der Waals surface area contributed by atoms with Gasteiger partial charge in [-0.1, -0.05) is 19.9 Å². The van der Waals surface area contributed by atoms with Crippen LogP contribution in [0.3, 0.4) is 0 Å². The van der Waals surface area contributed by atoms with E-state index in [-0.39, 0.29) is 24.0 Å². The molecule has 1 aromatic rings. The van der Waals surface area contributed by atoms with Gasteiger partial charge in [-0.05, 0) is 30.7 Å². The van der Waals surface area contributed by atoms with E-state index in [0.29, 0.717) is 0 Å². The zero-order valence-electron chi connectivity index (χ0n) is 16.9. The van der Waals surface area contributed by atoms with Gasteiger partial charge in [0.05, 0.1) is 13.2 Å². The summed E-state index contributed by atoms with van der Waals surface area (Å²) in [6.45, 7) is 10.9. The van der Waals surface area contributed by atoms with Crippen molar-refractivity contribution in [3.63, 3.8) is 0 Å². The third-order valence-corrected chi connectivity index (χ3v) is 5.22. The Bertz CT molecular complexity index is 604. The molecule has 1 unspecified atom stereocenters. The molecule has 0 aliphatic carbocycles. The topological polar surface area (TPSA) is 53.0 Å². The molecule has 0 spiro atoms. The third kappa shape index (κ3) is 6.20. The Hall–Kier alpha value is -1.09. The zero-order chi connectivity index (χ0) is 18.4. The van der Waals surface area contributed by atoms with E-state index in [0.717, 1.165) is 69.6 Å². The van der Waals surface area contributed by atoms with E-state index in [1.165, 1.54) is 18.4 Å². The maximum Gasteiger partial charge on any atom is 0.193 e. The van der Waals surface area contributed by atoms with Gasteiger partial charge in [0.25, 0.3) is 0 Å². The van der Waals surface area contributed by atoms with Crippen LogP contribution in [0.25, 0.3) is 0 Å². The second-order valence-electron chi connectivity index (χ2n) is 7.72. The molecule has 0 bridgehead atoms. The first-order valence-corrected chi connectivity index (χ1v) is 9.89. The Morgan fingerprint density at radius 1 is 1.33 bits per heavy atom. The molecular formula is C20H34IN5O. The minimum Gasteiger partial charge on any atom is -0.378 e. The molecule has 6 nitrogen and oxygen atoms in total. The molecule has 1 atom stereocenters. The predicted octanol–water partition coefficient (Wildman–Crippen LogP) is 2.98. The molecule has 0 amide bonds. The lowest BCUT2D eigenvalue weighted by molar-refractivity contribution is 0.122. The normalized spacial score (nSPS) is 20.7. The van der Waals surface area contributed by atoms with Crippen LogP contribution >= 0.6 is 24.0 Å². The largest absolute Gasteiger partial charge is 0.378 e. The van der Waals surface area contributed by atoms with Crippen LogP contribution in [-0.2, 0) is 11.3 Å². The first-order chi connectivity index (χ1) is 12.7. The van der Waals surface area contributed by atoms with Crippen LogP contribution in [0.5, 0.6) is 0 Å². The van der Waals surface area contributed by atoms with E-state index >= 15 is 0 Å². The summed E-state index contributed by atoms with van der Waals surface area (Å²) in [6.07, 6.45) is 4.45. The summed E-state index contributed by atoms with van der Waals surface area (Å²) in [5.41, 5.74) is 1.22. The molecule has 3 rings (SSSR count). The first kappa shape index (κ1) is 22.2. The summed E-state index contributed by atoms with van der Waals surface area (Å²) in [6, 6.07) is 4.17. The van der Waals surface area contributed by atoms with Gasteiger partial charge in [-0.3, -0.25) is 4.99 Å². The number of aromatic nitrogens is 1. The van der Waals surface area contributed by atoms with Gasteiger partial charge < -0.3 is 19.9 Å². The highest BCUT2D eigenvalue weighted by atomic mass is 127. The van der Waals surface area contributed by atoms with Gasteiger partial charge in [-0.25, -0.2) is 4.98 Å². The molecule has 1 N–H and O–H groups in total. The summed E-state index contributed by atoms with van der Waals surface area (Å²) in [5, 5.41) is 3.56. The van der Waals surface area contributed by atoms with E-state index in [2.05, 4.69) is 45.0 Å². The summed E-state index contributed by atoms with van der Waals surface area (Å²) in [7, 11) is 1.88. The molecule has 2 aliphatic heterocycles. The SMILES string of the molecule is CN=C(NCc1cccnc1N1CCOCC1)N1CCC(CC(C)C)C1.I. The molecule has 0 saturated carbocycles. The molecule has 27 heavy (non-hydrogen) atoms. The summed E-state index contributed by atoms with van der Waals surface area (Å²) in [4.78, 5) is 13.9. The maximum absolute atomic E-state index is 5.47. The van der Waals surface area contributed by atoms with E-state index in [1.807, 2.05) is 19.3 Å². The highest BCUT2D eigenvalue weighted by Gasteiger charge is 2.25. The molecule has 0 aromatic carbocycles. The number of likely N-dealkylation sites (tertiary alicyclic amines) is 1. The quantitative estimate of drug-likeness (QED) is 0.393. The zero-order valence-corrected chi connectivity index (χ0v) is 19.2. The molecule has 3 heterocycles. The van der Waals surface area contributed by atoms with Gasteiger partial charge in [0.2, 0.25) is 0 Å². The number of hydrogen-bond donors (Lipinski definition) is 1. The lowest BCUT2D eigenvalue weighted by Crippen LogP contribution is -2.41. The third-order valence-electron chi connectivity index (χ3n) is 5.22. The van der Waals surface area contributed by atoms with Crippen molar-refractivity contribution in [2.45, 2.75) is 33.2 Å². The van der Waals surface area contributed by atoms with Gasteiger partial charge in [0, 0.05) is 51.5 Å². The number of pyridine rings is 1. The van der Waals surface area contributed by atoms with Gasteiger partial charge in [-0.15, -0.1) is 24.0 Å². The summed E-state index contributed by atoms with van der Waals surface area (Å²) >= 11 is 0. The number of nitrogens with one attached hydrogen (secondary N) is 1. The monoisotopic (exact) mass is 487 g/mol. The van der Waals surface area contributed by atoms with Gasteiger partial charge >= 0.3 is 0 Å². The fourth-order valence-electron chi connectivity index (χ4n) is 4.02. The van der Waals surface area contributed by atoms with E-state index in [1.54, 1.807) is 0 Å². The average Bonchev–Trinajstić information content (AvgIpc) is 3.11. The lowest BCUT2D eigenvalue weighted by atomic mass is 9.97. The number of anilines is 1. The Morgan fingerprint density at radius 2 is 2.11 bits per heavy atom. The van der Waals surface area contributed by atoms with Gasteiger partial charge in [-0.2, -0.15) is 0 Å². The van der Waals surface area contributed by atoms with Crippen molar-refractivity contribution in [1.82, 2.24) is 15.2 Å². The summed E-state index contributed by atoms with van der Waals surface area (Å²) in [5.74, 6) is 3.63. The Balaban J connectivity index is 0.00000261. The highest BCUT2D eigenvalue weighted by molar-refractivity contribution is 14.0. The number of guanidine groups is 1. The molecule has 2 saturated heterocycles. The van der Waals surface area contributed by atoms with Crippen LogP contribution in [0, 0.1) is 11.8 Å². The van der Waals surface area contributed by atoms with Gasteiger partial charge in [0.15, 0.2) is 5.96 Å². The lowest BCUT2D eigenvalue weighted by Gasteiger charge is -2.30. The minimum absolute atomic E-state index is 0. The van der Waals surface area contributed by atoms with Crippen LogP contribution in [0.1, 0.15) is 32.3 Å². The number of hydrogen-bond acceptors (Lipinski definition) is 4. The van der Waals surface area contributed by atoms with E-state index in [9.17, 15) is 0 Å². The molecule has 1 aromatic heterocycles. The van der Waals surface area contributed by atoms with Crippen LogP contribution in [-0.4, -0.2) is 62.3 Å². The fraction of sp³-hybridized carbons (Fsp3) is 0.700. The smallest absolute Gasteiger partial charge is 0.193 e. The Morgan fingerprint density at radius 3 is 2.81 bits per heavy atom. The number of halogens is 1. The highest BCUT2D eigenvalue weighted by Crippen LogP contribution is 2.23. The van der Waals surface area contributed by atoms with Crippen molar-refractivity contribution in [2.75, 3.05) is 51.3 Å². The van der Waals surface area contributed by atoms with Crippen molar-refractivity contribution in [3.8, 4) is 0 Å². The number of aliphatic imine (C=N–C) groups is 1. The molecule has 152 valence electrons. The number of rotatable bonds is 5. The van der Waals surface area contributed by atoms with Crippen LogP contribution in [0.15, 0.2) is 23.3 Å². The second-order valence-corrected chi connectivity index (χ2v) is 7.72. The van der Waals surface area contributed by atoms with Crippen molar-refractivity contribution >= 4 is 35.8 Å². The number of ether oxygens (including phenoxy) is 1. The van der Waals surface area contributed by atoms with Crippen molar-refractivity contribution in [3.05, 3.63) is 23.9 Å². The van der Waals surface area contributed by atoms with Crippen LogP contribution in [0.2, 0.25) is 0 Å². The van der Waals surface area contributed by atoms with Gasteiger partial charge in [0.1, 0.15) is 5.82 Å². The Kier molecular flexibility index (Phi) is 9.08. The molecule has 2 fully saturated rings. The minimum atomic E-state index is 0. The molecular weight excluding hydrogens is 453 g/mol. The molecule has 7 heteroatoms. The Labute approximate surface area is 180 Å². The standard InChI is InChI=1S/C20H33N5O.HI/c1-16(2)13-17-6-8-25(15-17)20(21-3)23-14-18-5-4-7-22-19(18)24-9-11-26-12-10-24;/h4-5,7,16-17H,6,8-15H2,1-3H3,(H,21,23);1H.